The van der Waals surface area contributed by atoms with Crippen LogP contribution in [0.25, 0.3) is 0 Å². The Kier molecular flexibility index (Phi) is 4.30. The van der Waals surface area contributed by atoms with Gasteiger partial charge in [-0.25, -0.2) is 4.98 Å². The van der Waals surface area contributed by atoms with Crippen LogP contribution in [0.2, 0.25) is 0 Å². The summed E-state index contributed by atoms with van der Waals surface area (Å²) in [5, 5.41) is 2.94. The summed E-state index contributed by atoms with van der Waals surface area (Å²) < 4.78 is 6.52. The molecule has 0 aliphatic rings. The zero-order chi connectivity index (χ0) is 11.3. The number of nitrogens with zero attached hydrogens (tertiary/aromatic N) is 2. The van der Waals surface area contributed by atoms with Gasteiger partial charge in [-0.1, -0.05) is 0 Å². The van der Waals surface area contributed by atoms with Gasteiger partial charge in [-0.05, 0) is 13.8 Å². The number of hydrogen-bond donors (Lipinski definition) is 1. The summed E-state index contributed by atoms with van der Waals surface area (Å²) in [4.78, 5) is 15.8. The summed E-state index contributed by atoms with van der Waals surface area (Å²) in [6, 6.07) is 0.142. The van der Waals surface area contributed by atoms with Crippen molar-refractivity contribution in [2.24, 2.45) is 0 Å². The fourth-order valence-electron chi connectivity index (χ4n) is 1.22. The lowest BCUT2D eigenvalue weighted by Gasteiger charge is -2.11. The maximum absolute atomic E-state index is 11.8. The molecule has 1 N–H and O–H groups in total. The summed E-state index contributed by atoms with van der Waals surface area (Å²) in [5.74, 6) is 0.378. The minimum atomic E-state index is -0.0939. The molecular weight excluding hydrogens is 194 g/mol. The first-order valence-corrected chi connectivity index (χ1v) is 4.96. The first-order valence-electron chi connectivity index (χ1n) is 4.96. The van der Waals surface area contributed by atoms with Crippen LogP contribution in [0.5, 0.6) is 0 Å². The van der Waals surface area contributed by atoms with Gasteiger partial charge >= 0.3 is 0 Å². The predicted molar refractivity (Wildman–Crippen MR) is 59.2 cm³/mol. The number of methoxy groups -OCH3 is 1. The minimum Gasteiger partial charge on any atom is -0.383 e. The Balaban J connectivity index is 2.81. The minimum absolute atomic E-state index is 0.0939. The Bertz CT molecular complexity index is 360. The largest absolute Gasteiger partial charge is 0.383 e. The standard InChI is InChI=1S/C10H17N3O2/c1-8(2)13-6-4-11-9(10(13)14)12-5-7-15-3/h4,6,8H,5,7H2,1-3H3,(H,11,12). The van der Waals surface area contributed by atoms with E-state index in [4.69, 9.17) is 4.74 Å². The third-order valence-corrected chi connectivity index (χ3v) is 2.02. The van der Waals surface area contributed by atoms with E-state index >= 15 is 0 Å². The van der Waals surface area contributed by atoms with E-state index in [0.717, 1.165) is 0 Å². The molecule has 5 heteroatoms. The van der Waals surface area contributed by atoms with Crippen molar-refractivity contribution in [1.82, 2.24) is 9.55 Å². The van der Waals surface area contributed by atoms with Gasteiger partial charge in [-0.3, -0.25) is 4.79 Å². The molecule has 0 aliphatic carbocycles. The SMILES string of the molecule is COCCNc1nccn(C(C)C)c1=O. The topological polar surface area (TPSA) is 56.1 Å². The van der Waals surface area contributed by atoms with Crippen LogP contribution < -0.4 is 10.9 Å². The van der Waals surface area contributed by atoms with Crippen LogP contribution in [0.15, 0.2) is 17.2 Å². The molecule has 0 bridgehead atoms. The van der Waals surface area contributed by atoms with Gasteiger partial charge in [0.2, 0.25) is 0 Å². The van der Waals surface area contributed by atoms with Gasteiger partial charge in [0.15, 0.2) is 5.82 Å². The number of hydrogen-bond acceptors (Lipinski definition) is 4. The van der Waals surface area contributed by atoms with E-state index in [9.17, 15) is 4.79 Å². The van der Waals surface area contributed by atoms with Crippen LogP contribution in [0.1, 0.15) is 19.9 Å². The van der Waals surface area contributed by atoms with Gasteiger partial charge in [0.25, 0.3) is 5.56 Å². The van der Waals surface area contributed by atoms with Gasteiger partial charge in [0.05, 0.1) is 6.61 Å². The second kappa shape index (κ2) is 5.50. The number of ether oxygens (including phenoxy) is 1. The van der Waals surface area contributed by atoms with Crippen LogP contribution in [-0.4, -0.2) is 29.8 Å². The van der Waals surface area contributed by atoms with E-state index in [2.05, 4.69) is 10.3 Å². The van der Waals surface area contributed by atoms with Crippen LogP contribution in [0.3, 0.4) is 0 Å². The van der Waals surface area contributed by atoms with Crippen molar-refractivity contribution in [1.29, 1.82) is 0 Å². The third kappa shape index (κ3) is 3.06. The number of aromatic nitrogens is 2. The lowest BCUT2D eigenvalue weighted by Crippen LogP contribution is -2.26. The van der Waals surface area contributed by atoms with E-state index in [1.54, 1.807) is 24.1 Å². The number of rotatable bonds is 5. The normalized spacial score (nSPS) is 10.7. The molecule has 84 valence electrons. The van der Waals surface area contributed by atoms with Crippen molar-refractivity contribution in [3.8, 4) is 0 Å². The highest BCUT2D eigenvalue weighted by molar-refractivity contribution is 5.30. The molecule has 1 aromatic rings. The summed E-state index contributed by atoms with van der Waals surface area (Å²) in [6.07, 6.45) is 3.31. The second-order valence-electron chi connectivity index (χ2n) is 3.50. The van der Waals surface area contributed by atoms with E-state index < -0.39 is 0 Å². The van der Waals surface area contributed by atoms with Crippen molar-refractivity contribution in [2.75, 3.05) is 25.6 Å². The molecule has 15 heavy (non-hydrogen) atoms. The Morgan fingerprint density at radius 1 is 1.60 bits per heavy atom. The van der Waals surface area contributed by atoms with E-state index in [1.165, 1.54) is 0 Å². The lowest BCUT2D eigenvalue weighted by molar-refractivity contribution is 0.210. The monoisotopic (exact) mass is 211 g/mol. The first-order chi connectivity index (χ1) is 7.16. The summed E-state index contributed by atoms with van der Waals surface area (Å²) in [5.41, 5.74) is -0.0939. The Morgan fingerprint density at radius 3 is 2.93 bits per heavy atom. The van der Waals surface area contributed by atoms with E-state index in [1.807, 2.05) is 13.8 Å². The van der Waals surface area contributed by atoms with Crippen molar-refractivity contribution < 1.29 is 4.74 Å². The fraction of sp³-hybridized carbons (Fsp3) is 0.600. The molecule has 0 fully saturated rings. The molecule has 0 unspecified atom stereocenters. The van der Waals surface area contributed by atoms with Crippen molar-refractivity contribution in [2.45, 2.75) is 19.9 Å². The molecule has 0 radical (unpaired) electrons. The Morgan fingerprint density at radius 2 is 2.33 bits per heavy atom. The summed E-state index contributed by atoms with van der Waals surface area (Å²) in [6.45, 7) is 5.05. The molecule has 1 aromatic heterocycles. The van der Waals surface area contributed by atoms with Crippen LogP contribution in [0, 0.1) is 0 Å². The molecule has 0 spiro atoms. The average Bonchev–Trinajstić information content (AvgIpc) is 2.20. The van der Waals surface area contributed by atoms with Gasteiger partial charge in [0, 0.05) is 32.1 Å². The predicted octanol–water partition coefficient (Wildman–Crippen LogP) is 0.882. The third-order valence-electron chi connectivity index (χ3n) is 2.02. The molecule has 0 amide bonds. The second-order valence-corrected chi connectivity index (χ2v) is 3.50. The van der Waals surface area contributed by atoms with E-state index in [0.29, 0.717) is 19.0 Å². The summed E-state index contributed by atoms with van der Waals surface area (Å²) >= 11 is 0. The molecule has 5 nitrogen and oxygen atoms in total. The molecular formula is C10H17N3O2. The molecule has 0 aromatic carbocycles. The first kappa shape index (κ1) is 11.7. The van der Waals surface area contributed by atoms with Gasteiger partial charge < -0.3 is 14.6 Å². The highest BCUT2D eigenvalue weighted by Gasteiger charge is 2.05. The number of nitrogens with one attached hydrogen (secondary N) is 1. The quantitative estimate of drug-likeness (QED) is 0.735. The van der Waals surface area contributed by atoms with Crippen molar-refractivity contribution in [3.05, 3.63) is 22.7 Å². The summed E-state index contributed by atoms with van der Waals surface area (Å²) in [7, 11) is 1.62. The van der Waals surface area contributed by atoms with Gasteiger partial charge in [-0.15, -0.1) is 0 Å². The molecule has 0 saturated heterocycles. The average molecular weight is 211 g/mol. The van der Waals surface area contributed by atoms with Gasteiger partial charge in [0.1, 0.15) is 0 Å². The molecule has 0 atom stereocenters. The molecule has 0 saturated carbocycles. The molecule has 1 heterocycles. The number of anilines is 1. The van der Waals surface area contributed by atoms with Crippen LogP contribution >= 0.6 is 0 Å². The van der Waals surface area contributed by atoms with Crippen molar-refractivity contribution >= 4 is 5.82 Å². The van der Waals surface area contributed by atoms with Crippen LogP contribution in [-0.2, 0) is 4.74 Å². The Hall–Kier alpha value is -1.36. The maximum atomic E-state index is 11.8. The maximum Gasteiger partial charge on any atom is 0.293 e. The van der Waals surface area contributed by atoms with Crippen LogP contribution in [0.4, 0.5) is 5.82 Å². The highest BCUT2D eigenvalue weighted by Crippen LogP contribution is 2.00. The highest BCUT2D eigenvalue weighted by atomic mass is 16.5. The lowest BCUT2D eigenvalue weighted by atomic mass is 10.4. The molecule has 1 rings (SSSR count). The fourth-order valence-corrected chi connectivity index (χ4v) is 1.22. The zero-order valence-electron chi connectivity index (χ0n) is 9.36. The Labute approximate surface area is 89.1 Å². The smallest absolute Gasteiger partial charge is 0.293 e. The molecule has 0 aliphatic heterocycles. The van der Waals surface area contributed by atoms with Crippen molar-refractivity contribution in [3.63, 3.8) is 0 Å². The zero-order valence-corrected chi connectivity index (χ0v) is 9.36. The van der Waals surface area contributed by atoms with E-state index in [-0.39, 0.29) is 11.6 Å². The van der Waals surface area contributed by atoms with Gasteiger partial charge in [-0.2, -0.15) is 0 Å².